The number of methoxy groups -OCH3 is 2. The zero-order valence-electron chi connectivity index (χ0n) is 11.7. The van der Waals surface area contributed by atoms with Crippen LogP contribution in [0.2, 0.25) is 0 Å². The van der Waals surface area contributed by atoms with E-state index in [2.05, 4.69) is 5.10 Å². The van der Waals surface area contributed by atoms with Gasteiger partial charge in [0.2, 0.25) is 0 Å². The molecule has 0 spiro atoms. The van der Waals surface area contributed by atoms with Crippen LogP contribution in [-0.2, 0) is 6.54 Å². The molecule has 7 nitrogen and oxygen atoms in total. The number of anilines is 1. The maximum atomic E-state index is 11.3. The van der Waals surface area contributed by atoms with Crippen LogP contribution in [0, 0.1) is 11.3 Å². The number of carbonyl (C=O) groups is 1. The van der Waals surface area contributed by atoms with E-state index in [1.165, 1.54) is 18.9 Å². The van der Waals surface area contributed by atoms with Gasteiger partial charge in [-0.1, -0.05) is 0 Å². The van der Waals surface area contributed by atoms with E-state index in [9.17, 15) is 4.79 Å². The Balaban J connectivity index is 2.68. The van der Waals surface area contributed by atoms with E-state index in [1.54, 1.807) is 18.2 Å². The quantitative estimate of drug-likeness (QED) is 0.835. The van der Waals surface area contributed by atoms with Gasteiger partial charge in [-0.15, -0.1) is 0 Å². The van der Waals surface area contributed by atoms with Crippen molar-refractivity contribution in [2.24, 2.45) is 0 Å². The van der Waals surface area contributed by atoms with Crippen LogP contribution in [0.3, 0.4) is 0 Å². The second-order valence-electron chi connectivity index (χ2n) is 4.15. The van der Waals surface area contributed by atoms with Crippen LogP contribution in [-0.4, -0.2) is 30.3 Å². The Kier molecular flexibility index (Phi) is 4.09. The van der Waals surface area contributed by atoms with Crippen molar-refractivity contribution < 1.29 is 14.3 Å². The van der Waals surface area contributed by atoms with Gasteiger partial charge in [0.15, 0.2) is 6.29 Å². The van der Waals surface area contributed by atoms with E-state index in [4.69, 9.17) is 20.5 Å². The molecule has 1 aromatic heterocycles. The summed E-state index contributed by atoms with van der Waals surface area (Å²) in [5.41, 5.74) is 6.99. The van der Waals surface area contributed by atoms with Gasteiger partial charge < -0.3 is 15.2 Å². The third-order valence-electron chi connectivity index (χ3n) is 3.03. The van der Waals surface area contributed by atoms with Crippen molar-refractivity contribution >= 4 is 12.1 Å². The molecule has 2 aromatic rings. The second kappa shape index (κ2) is 5.96. The fraction of sp³-hybridized carbons (Fsp3) is 0.214. The number of benzene rings is 1. The molecule has 2 N–H and O–H groups in total. The highest BCUT2D eigenvalue weighted by atomic mass is 16.5. The first-order valence-electron chi connectivity index (χ1n) is 6.07. The van der Waals surface area contributed by atoms with Gasteiger partial charge in [-0.25, -0.2) is 4.68 Å². The molecular formula is C14H14N4O3. The summed E-state index contributed by atoms with van der Waals surface area (Å²) in [7, 11) is 3.05. The third-order valence-corrected chi connectivity index (χ3v) is 3.03. The van der Waals surface area contributed by atoms with Gasteiger partial charge in [0.05, 0.1) is 25.9 Å². The first kappa shape index (κ1) is 14.4. The molecule has 1 aromatic carbocycles. The van der Waals surface area contributed by atoms with Gasteiger partial charge in [-0.05, 0) is 18.2 Å². The molecule has 0 aliphatic carbocycles. The molecule has 21 heavy (non-hydrogen) atoms. The van der Waals surface area contributed by atoms with E-state index in [0.29, 0.717) is 29.0 Å². The van der Waals surface area contributed by atoms with E-state index < -0.39 is 0 Å². The highest BCUT2D eigenvalue weighted by molar-refractivity contribution is 5.93. The smallest absolute Gasteiger partial charge is 0.156 e. The molecule has 0 saturated heterocycles. The lowest BCUT2D eigenvalue weighted by molar-refractivity contribution is 0.112. The van der Waals surface area contributed by atoms with Crippen LogP contribution in [0.5, 0.6) is 11.5 Å². The largest absolute Gasteiger partial charge is 0.497 e. The molecule has 0 radical (unpaired) electrons. The maximum Gasteiger partial charge on any atom is 0.156 e. The van der Waals surface area contributed by atoms with Crippen LogP contribution in [0.25, 0.3) is 11.3 Å². The molecule has 0 bridgehead atoms. The molecule has 0 aliphatic rings. The second-order valence-corrected chi connectivity index (χ2v) is 4.15. The third kappa shape index (κ3) is 2.51. The van der Waals surface area contributed by atoms with E-state index in [0.717, 1.165) is 0 Å². The van der Waals surface area contributed by atoms with Crippen LogP contribution in [0.1, 0.15) is 10.4 Å². The number of nitrogens with zero attached hydrogens (tertiary/aromatic N) is 3. The molecule has 7 heteroatoms. The summed E-state index contributed by atoms with van der Waals surface area (Å²) < 4.78 is 11.7. The molecular weight excluding hydrogens is 272 g/mol. The van der Waals surface area contributed by atoms with Crippen LogP contribution in [0.15, 0.2) is 18.2 Å². The molecule has 0 amide bonds. The summed E-state index contributed by atoms with van der Waals surface area (Å²) in [6.45, 7) is -0.0427. The molecule has 0 atom stereocenters. The van der Waals surface area contributed by atoms with E-state index >= 15 is 0 Å². The number of hydrogen-bond donors (Lipinski definition) is 1. The van der Waals surface area contributed by atoms with Crippen molar-refractivity contribution in [3.8, 4) is 28.8 Å². The molecule has 0 saturated carbocycles. The number of hydrogen-bond acceptors (Lipinski definition) is 6. The monoisotopic (exact) mass is 286 g/mol. The SMILES string of the molecule is COc1ccc(OC)c(-c2nn(CC#N)c(N)c2C=O)c1. The lowest BCUT2D eigenvalue weighted by Crippen LogP contribution is -2.03. The maximum absolute atomic E-state index is 11.3. The van der Waals surface area contributed by atoms with Gasteiger partial charge >= 0.3 is 0 Å². The summed E-state index contributed by atoms with van der Waals surface area (Å²) in [5, 5.41) is 13.0. The Labute approximate surface area is 121 Å². The summed E-state index contributed by atoms with van der Waals surface area (Å²) >= 11 is 0. The molecule has 2 rings (SSSR count). The Hall–Kier alpha value is -3.01. The summed E-state index contributed by atoms with van der Waals surface area (Å²) in [5.74, 6) is 1.27. The normalized spacial score (nSPS) is 9.95. The summed E-state index contributed by atoms with van der Waals surface area (Å²) in [6.07, 6.45) is 0.616. The Morgan fingerprint density at radius 2 is 2.19 bits per heavy atom. The number of rotatable bonds is 5. The molecule has 1 heterocycles. The average molecular weight is 286 g/mol. The van der Waals surface area contributed by atoms with Crippen molar-refractivity contribution in [2.45, 2.75) is 6.54 Å². The molecule has 108 valence electrons. The van der Waals surface area contributed by atoms with Crippen molar-refractivity contribution in [3.63, 3.8) is 0 Å². The van der Waals surface area contributed by atoms with Crippen LogP contribution >= 0.6 is 0 Å². The molecule has 0 unspecified atom stereocenters. The fourth-order valence-corrected chi connectivity index (χ4v) is 1.99. The van der Waals surface area contributed by atoms with Crippen molar-refractivity contribution in [1.29, 1.82) is 5.26 Å². The van der Waals surface area contributed by atoms with Gasteiger partial charge in [0.25, 0.3) is 0 Å². The van der Waals surface area contributed by atoms with Crippen molar-refractivity contribution in [2.75, 3.05) is 20.0 Å². The first-order valence-corrected chi connectivity index (χ1v) is 6.07. The Morgan fingerprint density at radius 3 is 2.76 bits per heavy atom. The predicted octanol–water partition coefficient (Wildman–Crippen LogP) is 1.49. The van der Waals surface area contributed by atoms with Gasteiger partial charge in [0.1, 0.15) is 29.6 Å². The Morgan fingerprint density at radius 1 is 1.43 bits per heavy atom. The minimum absolute atomic E-state index is 0.0427. The number of carbonyl (C=O) groups excluding carboxylic acids is 1. The van der Waals surface area contributed by atoms with Crippen molar-refractivity contribution in [1.82, 2.24) is 9.78 Å². The number of aldehydes is 1. The zero-order valence-corrected chi connectivity index (χ0v) is 11.7. The van der Waals surface area contributed by atoms with Crippen molar-refractivity contribution in [3.05, 3.63) is 23.8 Å². The highest BCUT2D eigenvalue weighted by Gasteiger charge is 2.20. The predicted molar refractivity (Wildman–Crippen MR) is 76.2 cm³/mol. The van der Waals surface area contributed by atoms with Crippen LogP contribution in [0.4, 0.5) is 5.82 Å². The average Bonchev–Trinajstić information content (AvgIpc) is 2.83. The van der Waals surface area contributed by atoms with E-state index in [1.807, 2.05) is 6.07 Å². The number of ether oxygens (including phenoxy) is 2. The number of nitriles is 1. The lowest BCUT2D eigenvalue weighted by atomic mass is 10.1. The summed E-state index contributed by atoms with van der Waals surface area (Å²) in [6, 6.07) is 7.08. The topological polar surface area (TPSA) is 103 Å². The molecule has 0 fully saturated rings. The van der Waals surface area contributed by atoms with Gasteiger partial charge in [0, 0.05) is 5.56 Å². The number of nitrogen functional groups attached to an aromatic ring is 1. The Bertz CT molecular complexity index is 716. The van der Waals surface area contributed by atoms with E-state index in [-0.39, 0.29) is 17.9 Å². The minimum atomic E-state index is -0.0427. The first-order chi connectivity index (χ1) is 10.2. The van der Waals surface area contributed by atoms with Gasteiger partial charge in [-0.3, -0.25) is 4.79 Å². The van der Waals surface area contributed by atoms with Crippen LogP contribution < -0.4 is 15.2 Å². The molecule has 0 aliphatic heterocycles. The zero-order chi connectivity index (χ0) is 15.4. The number of aromatic nitrogens is 2. The number of nitrogens with two attached hydrogens (primary N) is 1. The fourth-order valence-electron chi connectivity index (χ4n) is 1.99. The highest BCUT2D eigenvalue weighted by Crippen LogP contribution is 2.35. The summed E-state index contributed by atoms with van der Waals surface area (Å²) in [4.78, 5) is 11.3. The lowest BCUT2D eigenvalue weighted by Gasteiger charge is -2.09. The minimum Gasteiger partial charge on any atom is -0.497 e. The van der Waals surface area contributed by atoms with Gasteiger partial charge in [-0.2, -0.15) is 10.4 Å². The standard InChI is InChI=1S/C14H14N4O3/c1-20-9-3-4-12(21-2)10(7-9)13-11(8-19)14(16)18(17-13)6-5-15/h3-4,7-8H,6,16H2,1-2H3.